The van der Waals surface area contributed by atoms with E-state index < -0.39 is 5.97 Å². The molecular formula is C31H32N2O4. The molecule has 1 amide bonds. The van der Waals surface area contributed by atoms with Crippen molar-refractivity contribution in [3.8, 4) is 5.75 Å². The van der Waals surface area contributed by atoms with E-state index in [1.54, 1.807) is 11.0 Å². The molecule has 6 heteroatoms. The van der Waals surface area contributed by atoms with Crippen LogP contribution in [0.1, 0.15) is 30.0 Å². The van der Waals surface area contributed by atoms with Gasteiger partial charge in [0.1, 0.15) is 18.9 Å². The highest BCUT2D eigenvalue weighted by Crippen LogP contribution is 2.33. The van der Waals surface area contributed by atoms with Crippen LogP contribution in [0.4, 0.5) is 0 Å². The molecule has 37 heavy (non-hydrogen) atoms. The van der Waals surface area contributed by atoms with Crippen LogP contribution in [0.15, 0.2) is 90.6 Å². The molecule has 3 aromatic carbocycles. The fourth-order valence-electron chi connectivity index (χ4n) is 4.28. The molecule has 0 saturated heterocycles. The largest absolute Gasteiger partial charge is 0.488 e. The number of hydrogen-bond donors (Lipinski definition) is 1. The van der Waals surface area contributed by atoms with E-state index in [4.69, 9.17) is 4.74 Å². The van der Waals surface area contributed by atoms with E-state index in [1.807, 2.05) is 91.5 Å². The summed E-state index contributed by atoms with van der Waals surface area (Å²) in [5.74, 6) is -0.326. The van der Waals surface area contributed by atoms with Crippen molar-refractivity contribution in [2.45, 2.75) is 32.9 Å². The molecule has 0 aliphatic heterocycles. The van der Waals surface area contributed by atoms with Gasteiger partial charge in [-0.1, -0.05) is 73.7 Å². The normalized spacial score (nSPS) is 11.5. The van der Waals surface area contributed by atoms with E-state index >= 15 is 0 Å². The maximum atomic E-state index is 13.1. The third kappa shape index (κ3) is 6.47. The molecule has 0 unspecified atom stereocenters. The summed E-state index contributed by atoms with van der Waals surface area (Å²) < 4.78 is 8.07. The summed E-state index contributed by atoms with van der Waals surface area (Å²) in [6.07, 6.45) is 4.69. The molecule has 0 saturated carbocycles. The zero-order chi connectivity index (χ0) is 26.2. The molecule has 1 N–H and O–H groups in total. The van der Waals surface area contributed by atoms with Crippen molar-refractivity contribution >= 4 is 28.9 Å². The molecule has 0 aliphatic carbocycles. The van der Waals surface area contributed by atoms with Crippen LogP contribution in [-0.4, -0.2) is 40.0 Å². The fourth-order valence-corrected chi connectivity index (χ4v) is 4.28. The quantitative estimate of drug-likeness (QED) is 0.267. The molecular weight excluding hydrogens is 464 g/mol. The summed E-state index contributed by atoms with van der Waals surface area (Å²) in [7, 11) is 1.81. The van der Waals surface area contributed by atoms with Crippen molar-refractivity contribution in [1.82, 2.24) is 9.47 Å². The first kappa shape index (κ1) is 25.8. The van der Waals surface area contributed by atoms with Gasteiger partial charge in [-0.15, -0.1) is 0 Å². The number of fused-ring (bicyclic) bond motifs is 1. The number of carboxylic acids is 1. The minimum atomic E-state index is -0.956. The Kier molecular flexibility index (Phi) is 8.41. The van der Waals surface area contributed by atoms with Gasteiger partial charge in [-0.05, 0) is 42.2 Å². The second-order valence-corrected chi connectivity index (χ2v) is 9.02. The van der Waals surface area contributed by atoms with Crippen molar-refractivity contribution in [3.05, 3.63) is 107 Å². The van der Waals surface area contributed by atoms with Gasteiger partial charge in [0.25, 0.3) is 0 Å². The topological polar surface area (TPSA) is 71.8 Å². The smallest absolute Gasteiger partial charge is 0.331 e. The molecule has 1 aromatic heterocycles. The lowest BCUT2D eigenvalue weighted by atomic mass is 10.1. The van der Waals surface area contributed by atoms with Crippen LogP contribution in [0.3, 0.4) is 0 Å². The van der Waals surface area contributed by atoms with Crippen LogP contribution in [0.5, 0.6) is 5.75 Å². The first-order valence-electron chi connectivity index (χ1n) is 12.5. The van der Waals surface area contributed by atoms with Gasteiger partial charge in [0.15, 0.2) is 0 Å². The van der Waals surface area contributed by atoms with E-state index in [0.717, 1.165) is 28.5 Å². The first-order chi connectivity index (χ1) is 18.0. The molecule has 0 atom stereocenters. The monoisotopic (exact) mass is 496 g/mol. The number of carboxylic acid groups (broad SMARTS) is 1. The molecule has 1 heterocycles. The Labute approximate surface area is 217 Å². The lowest BCUT2D eigenvalue weighted by molar-refractivity contribution is -0.133. The molecule has 6 nitrogen and oxygen atoms in total. The highest BCUT2D eigenvalue weighted by Gasteiger charge is 2.17. The van der Waals surface area contributed by atoms with E-state index in [-0.39, 0.29) is 12.5 Å². The van der Waals surface area contributed by atoms with Crippen LogP contribution in [0.25, 0.3) is 17.0 Å². The number of aliphatic carboxylic acids is 1. The van der Waals surface area contributed by atoms with E-state index in [2.05, 4.69) is 12.1 Å². The first-order valence-corrected chi connectivity index (χ1v) is 12.5. The molecule has 4 aromatic rings. The van der Waals surface area contributed by atoms with Crippen LogP contribution < -0.4 is 4.74 Å². The maximum absolute atomic E-state index is 13.1. The number of ether oxygens (including phenoxy) is 1. The Morgan fingerprint density at radius 3 is 2.27 bits per heavy atom. The maximum Gasteiger partial charge on any atom is 0.331 e. The summed E-state index contributed by atoms with van der Waals surface area (Å²) in [6.45, 7) is 2.96. The predicted octanol–water partition coefficient (Wildman–Crippen LogP) is 5.80. The third-order valence-electron chi connectivity index (χ3n) is 6.43. The number of carbonyl (C=O) groups is 2. The second kappa shape index (κ2) is 12.1. The zero-order valence-electron chi connectivity index (χ0n) is 21.3. The van der Waals surface area contributed by atoms with Crippen LogP contribution in [0, 0.1) is 0 Å². The Morgan fingerprint density at radius 2 is 1.62 bits per heavy atom. The molecule has 0 aliphatic rings. The molecule has 0 bridgehead atoms. The number of likely N-dealkylation sites (N-methyl/N-ethyl adjacent to an activating group) is 1. The number of nitrogens with zero attached hydrogens (tertiary/aromatic N) is 2. The van der Waals surface area contributed by atoms with Gasteiger partial charge < -0.3 is 19.3 Å². The fraction of sp³-hybridized carbons (Fsp3) is 0.226. The molecule has 0 fully saturated rings. The van der Waals surface area contributed by atoms with Gasteiger partial charge in [-0.2, -0.15) is 0 Å². The average molecular weight is 497 g/mol. The van der Waals surface area contributed by atoms with Crippen LogP contribution in [0.2, 0.25) is 0 Å². The summed E-state index contributed by atoms with van der Waals surface area (Å²) >= 11 is 0. The van der Waals surface area contributed by atoms with E-state index in [1.165, 1.54) is 5.56 Å². The minimum Gasteiger partial charge on any atom is -0.488 e. The molecule has 0 spiro atoms. The van der Waals surface area contributed by atoms with Gasteiger partial charge in [-0.3, -0.25) is 4.79 Å². The number of amides is 1. The lowest BCUT2D eigenvalue weighted by Gasteiger charge is -2.18. The third-order valence-corrected chi connectivity index (χ3v) is 6.43. The van der Waals surface area contributed by atoms with Gasteiger partial charge in [0, 0.05) is 36.3 Å². The van der Waals surface area contributed by atoms with Crippen molar-refractivity contribution in [2.24, 2.45) is 0 Å². The van der Waals surface area contributed by atoms with Gasteiger partial charge >= 0.3 is 5.97 Å². The SMILES string of the molecule is CCC(=Cc1cn(CC(=O)N(C)CCc2ccccc2)c2cccc(OCc3ccccc3)c12)C(=O)O. The number of aromatic nitrogens is 1. The number of carbonyl (C=O) groups excluding carboxylic acids is 1. The van der Waals surface area contributed by atoms with Gasteiger partial charge in [0.2, 0.25) is 5.91 Å². The van der Waals surface area contributed by atoms with Crippen molar-refractivity contribution in [3.63, 3.8) is 0 Å². The standard InChI is InChI=1S/C31H32N2O4/c1-3-25(31(35)36)19-26-20-33(21-29(34)32(2)18-17-23-11-6-4-7-12-23)27-15-10-16-28(30(26)27)37-22-24-13-8-5-9-14-24/h4-16,19-20H,3,17-18,21-22H2,1-2H3,(H,35,36). The van der Waals surface area contributed by atoms with E-state index in [0.29, 0.717) is 30.9 Å². The predicted molar refractivity (Wildman–Crippen MR) is 146 cm³/mol. The highest BCUT2D eigenvalue weighted by atomic mass is 16.5. The summed E-state index contributed by atoms with van der Waals surface area (Å²) in [5.41, 5.74) is 4.05. The molecule has 190 valence electrons. The van der Waals surface area contributed by atoms with Gasteiger partial charge in [-0.25, -0.2) is 4.79 Å². The summed E-state index contributed by atoms with van der Waals surface area (Å²) in [5, 5.41) is 10.4. The summed E-state index contributed by atoms with van der Waals surface area (Å²) in [4.78, 5) is 26.6. The second-order valence-electron chi connectivity index (χ2n) is 9.02. The molecule has 0 radical (unpaired) electrons. The Morgan fingerprint density at radius 1 is 0.946 bits per heavy atom. The number of hydrogen-bond acceptors (Lipinski definition) is 3. The Balaban J connectivity index is 1.63. The van der Waals surface area contributed by atoms with Crippen molar-refractivity contribution in [2.75, 3.05) is 13.6 Å². The summed E-state index contributed by atoms with van der Waals surface area (Å²) in [6, 6.07) is 25.7. The molecule has 4 rings (SSSR count). The number of benzene rings is 3. The van der Waals surface area contributed by atoms with Crippen LogP contribution >= 0.6 is 0 Å². The minimum absolute atomic E-state index is 0.0204. The van der Waals surface area contributed by atoms with Gasteiger partial charge in [0.05, 0.1) is 5.52 Å². The number of rotatable bonds is 11. The van der Waals surface area contributed by atoms with Crippen molar-refractivity contribution < 1.29 is 19.4 Å². The van der Waals surface area contributed by atoms with E-state index in [9.17, 15) is 14.7 Å². The van der Waals surface area contributed by atoms with Crippen molar-refractivity contribution in [1.29, 1.82) is 0 Å². The lowest BCUT2D eigenvalue weighted by Crippen LogP contribution is -2.31. The average Bonchev–Trinajstić information content (AvgIpc) is 3.27. The Hall–Kier alpha value is -4.32. The highest BCUT2D eigenvalue weighted by molar-refractivity contribution is 6.00. The van der Waals surface area contributed by atoms with Crippen LogP contribution in [-0.2, 0) is 29.2 Å². The zero-order valence-corrected chi connectivity index (χ0v) is 21.3. The Bertz CT molecular complexity index is 1390.